The molecule has 0 spiro atoms. The van der Waals surface area contributed by atoms with Gasteiger partial charge < -0.3 is 4.74 Å². The number of allylic oxidation sites excluding steroid dienone is 1. The van der Waals surface area contributed by atoms with Crippen LogP contribution in [0.3, 0.4) is 0 Å². The number of rotatable bonds is 10. The van der Waals surface area contributed by atoms with Gasteiger partial charge in [0.25, 0.3) is 0 Å². The molecule has 0 saturated carbocycles. The van der Waals surface area contributed by atoms with Gasteiger partial charge in [-0.2, -0.15) is 0 Å². The minimum atomic E-state index is -0.485. The smallest absolute Gasteiger partial charge is 0.0598 e. The molecule has 1 radical (unpaired) electrons. The number of fused-ring (bicyclic) bond motifs is 1. The lowest BCUT2D eigenvalue weighted by atomic mass is 9.97. The summed E-state index contributed by atoms with van der Waals surface area (Å²) in [5.74, 6) is 0.607. The van der Waals surface area contributed by atoms with Crippen LogP contribution in [0.2, 0.25) is 12.6 Å². The highest BCUT2D eigenvalue weighted by Gasteiger charge is 2.33. The van der Waals surface area contributed by atoms with E-state index in [-0.39, 0.29) is 5.60 Å². The van der Waals surface area contributed by atoms with Crippen LogP contribution in [0.25, 0.3) is 17.2 Å². The van der Waals surface area contributed by atoms with E-state index in [0.29, 0.717) is 11.5 Å². The summed E-state index contributed by atoms with van der Waals surface area (Å²) in [4.78, 5) is 0. The molecule has 1 unspecified atom stereocenters. The van der Waals surface area contributed by atoms with Crippen molar-refractivity contribution in [3.05, 3.63) is 65.2 Å². The fourth-order valence-corrected chi connectivity index (χ4v) is 7.59. The number of ether oxygens (including phenoxy) is 1. The second-order valence-corrected chi connectivity index (χ2v) is 13.1. The van der Waals surface area contributed by atoms with Gasteiger partial charge in [0, 0.05) is 6.61 Å². The molecule has 0 N–H and O–H groups in total. The molecule has 0 heterocycles. The third-order valence-corrected chi connectivity index (χ3v) is 9.11. The quantitative estimate of drug-likeness (QED) is 0.269. The van der Waals surface area contributed by atoms with Gasteiger partial charge in [-0.15, -0.1) is 0 Å². The average Bonchev–Trinajstić information content (AvgIpc) is 3.13. The van der Waals surface area contributed by atoms with Crippen LogP contribution in [0, 0.1) is 5.92 Å². The van der Waals surface area contributed by atoms with Crippen molar-refractivity contribution in [3.63, 3.8) is 0 Å². The molecular weight excluding hydrogens is 392 g/mol. The largest absolute Gasteiger partial charge is 0.376 e. The van der Waals surface area contributed by atoms with E-state index in [0.717, 1.165) is 6.61 Å². The maximum Gasteiger partial charge on any atom is 0.0598 e. The molecule has 1 nitrogen and oxygen atoms in total. The first-order chi connectivity index (χ1) is 14.8. The van der Waals surface area contributed by atoms with E-state index in [4.69, 9.17) is 4.74 Å². The first-order valence-electron chi connectivity index (χ1n) is 12.1. The van der Waals surface area contributed by atoms with Gasteiger partial charge in [-0.25, -0.2) is 0 Å². The summed E-state index contributed by atoms with van der Waals surface area (Å²) < 4.78 is 5.86. The summed E-state index contributed by atoms with van der Waals surface area (Å²) >= 11 is 0. The van der Waals surface area contributed by atoms with Crippen molar-refractivity contribution in [2.75, 3.05) is 6.61 Å². The van der Waals surface area contributed by atoms with Crippen LogP contribution < -0.4 is 0 Å². The molecule has 0 saturated heterocycles. The van der Waals surface area contributed by atoms with Gasteiger partial charge in [0.15, 0.2) is 0 Å². The monoisotopic (exact) mass is 433 g/mol. The van der Waals surface area contributed by atoms with Crippen LogP contribution in [-0.2, 0) is 4.74 Å². The van der Waals surface area contributed by atoms with Gasteiger partial charge in [-0.3, -0.25) is 0 Å². The summed E-state index contributed by atoms with van der Waals surface area (Å²) in [7, 11) is -0.485. The van der Waals surface area contributed by atoms with Gasteiger partial charge in [-0.05, 0) is 60.9 Å². The lowest BCUT2D eigenvalue weighted by Gasteiger charge is -2.25. The zero-order chi connectivity index (χ0) is 22.4. The van der Waals surface area contributed by atoms with E-state index < -0.39 is 8.80 Å². The van der Waals surface area contributed by atoms with Gasteiger partial charge in [0.1, 0.15) is 0 Å². The molecular formula is C29H41OSi. The second kappa shape index (κ2) is 10.8. The minimum absolute atomic E-state index is 0.00632. The minimum Gasteiger partial charge on any atom is -0.376 e. The van der Waals surface area contributed by atoms with Gasteiger partial charge >= 0.3 is 0 Å². The Morgan fingerprint density at radius 3 is 2.29 bits per heavy atom. The molecule has 2 heteroatoms. The predicted molar refractivity (Wildman–Crippen MR) is 138 cm³/mol. The first kappa shape index (κ1) is 24.0. The highest BCUT2D eigenvalue weighted by atomic mass is 28.3. The van der Waals surface area contributed by atoms with Crippen LogP contribution in [0.15, 0.2) is 54.1 Å². The Kier molecular flexibility index (Phi) is 8.35. The Hall–Kier alpha value is -1.64. The van der Waals surface area contributed by atoms with Crippen molar-refractivity contribution < 1.29 is 4.74 Å². The highest BCUT2D eigenvalue weighted by Crippen LogP contribution is 2.45. The number of hydrogen-bond acceptors (Lipinski definition) is 1. The molecule has 1 atom stereocenters. The predicted octanol–water partition coefficient (Wildman–Crippen LogP) is 8.53. The van der Waals surface area contributed by atoms with E-state index in [9.17, 15) is 0 Å². The number of hydrogen-bond donors (Lipinski definition) is 0. The van der Waals surface area contributed by atoms with E-state index in [1.165, 1.54) is 48.4 Å². The van der Waals surface area contributed by atoms with Crippen molar-refractivity contribution in [2.45, 2.75) is 84.0 Å². The normalized spacial score (nSPS) is 16.1. The van der Waals surface area contributed by atoms with E-state index in [1.54, 1.807) is 11.1 Å². The molecule has 0 bridgehead atoms. The zero-order valence-corrected chi connectivity index (χ0v) is 21.5. The van der Waals surface area contributed by atoms with E-state index in [1.807, 2.05) is 0 Å². The summed E-state index contributed by atoms with van der Waals surface area (Å²) in [5.41, 5.74) is 8.11. The molecule has 0 fully saturated rings. The fraction of sp³-hybridized carbons (Fsp3) is 0.517. The van der Waals surface area contributed by atoms with Crippen molar-refractivity contribution in [3.8, 4) is 11.1 Å². The lowest BCUT2D eigenvalue weighted by molar-refractivity contribution is -0.00471. The Labute approximate surface area is 192 Å². The molecule has 31 heavy (non-hydrogen) atoms. The lowest BCUT2D eigenvalue weighted by Crippen LogP contribution is -2.22. The molecule has 1 aliphatic rings. The summed E-state index contributed by atoms with van der Waals surface area (Å²) in [6.07, 6.45) is 7.70. The Morgan fingerprint density at radius 1 is 0.903 bits per heavy atom. The third-order valence-electron chi connectivity index (χ3n) is 6.34. The summed E-state index contributed by atoms with van der Waals surface area (Å²) in [5, 5.41) is 0. The molecule has 2 aromatic carbocycles. The van der Waals surface area contributed by atoms with Crippen molar-refractivity contribution in [1.29, 1.82) is 0 Å². The van der Waals surface area contributed by atoms with Crippen LogP contribution in [0.5, 0.6) is 0 Å². The van der Waals surface area contributed by atoms with Crippen molar-refractivity contribution in [1.82, 2.24) is 0 Å². The van der Waals surface area contributed by atoms with Crippen LogP contribution in [0.4, 0.5) is 0 Å². The maximum absolute atomic E-state index is 5.86. The molecule has 3 rings (SSSR count). The Morgan fingerprint density at radius 2 is 1.61 bits per heavy atom. The second-order valence-electron chi connectivity index (χ2n) is 10.4. The standard InChI is InChI=1S/C29H41OSi/c1-22(2)26-21-27-24(23-15-10-9-11-16-23)17-14-18-25(27)28(26)31(6)20-13-8-7-12-19-30-29(3,4)5/h9-11,14-18,21-22,28H,7-8,12-13,19-20H2,1-6H3. The third kappa shape index (κ3) is 6.43. The zero-order valence-electron chi connectivity index (χ0n) is 20.5. The SMILES string of the molecule is CC(C)C1=Cc2c(-c3ccccc3)cccc2C1[Si](C)CCCCCCOC(C)(C)C. The molecule has 0 amide bonds. The van der Waals surface area contributed by atoms with Gasteiger partial charge in [0.05, 0.1) is 14.4 Å². The van der Waals surface area contributed by atoms with Crippen LogP contribution in [0.1, 0.15) is 77.0 Å². The molecule has 167 valence electrons. The average molecular weight is 434 g/mol. The molecule has 1 aliphatic carbocycles. The van der Waals surface area contributed by atoms with Crippen LogP contribution in [-0.4, -0.2) is 21.0 Å². The van der Waals surface area contributed by atoms with E-state index in [2.05, 4.69) is 95.8 Å². The first-order valence-corrected chi connectivity index (χ1v) is 14.4. The number of benzene rings is 2. The maximum atomic E-state index is 5.86. The highest BCUT2D eigenvalue weighted by molar-refractivity contribution is 6.60. The molecule has 2 aromatic rings. The van der Waals surface area contributed by atoms with Crippen molar-refractivity contribution in [2.24, 2.45) is 5.92 Å². The van der Waals surface area contributed by atoms with Crippen molar-refractivity contribution >= 4 is 14.9 Å². The Bertz CT molecular complexity index is 860. The fourth-order valence-electron chi connectivity index (χ4n) is 4.73. The van der Waals surface area contributed by atoms with Gasteiger partial charge in [-0.1, -0.05) is 106 Å². The topological polar surface area (TPSA) is 9.23 Å². The summed E-state index contributed by atoms with van der Waals surface area (Å²) in [6.45, 7) is 14.6. The van der Waals surface area contributed by atoms with Crippen LogP contribution >= 0.6 is 0 Å². The molecule has 0 aliphatic heterocycles. The molecule has 0 aromatic heterocycles. The summed E-state index contributed by atoms with van der Waals surface area (Å²) in [6, 6.07) is 19.3. The van der Waals surface area contributed by atoms with Gasteiger partial charge in [0.2, 0.25) is 0 Å². The number of unbranched alkanes of at least 4 members (excludes halogenated alkanes) is 3. The Balaban J connectivity index is 1.65. The van der Waals surface area contributed by atoms with E-state index >= 15 is 0 Å².